The lowest BCUT2D eigenvalue weighted by Gasteiger charge is -2.16. The van der Waals surface area contributed by atoms with Crippen molar-refractivity contribution in [1.29, 1.82) is 0 Å². The van der Waals surface area contributed by atoms with E-state index in [2.05, 4.69) is 4.98 Å². The predicted molar refractivity (Wildman–Crippen MR) is 63.4 cm³/mol. The van der Waals surface area contributed by atoms with Gasteiger partial charge in [0.15, 0.2) is 0 Å². The van der Waals surface area contributed by atoms with Gasteiger partial charge in [0.25, 0.3) is 5.91 Å². The molecule has 16 heavy (non-hydrogen) atoms. The summed E-state index contributed by atoms with van der Waals surface area (Å²) in [6.07, 6.45) is 3.34. The van der Waals surface area contributed by atoms with Crippen LogP contribution in [-0.4, -0.2) is 17.9 Å². The van der Waals surface area contributed by atoms with E-state index in [4.69, 9.17) is 0 Å². The van der Waals surface area contributed by atoms with Crippen molar-refractivity contribution in [2.45, 2.75) is 0 Å². The highest BCUT2D eigenvalue weighted by molar-refractivity contribution is 6.05. The van der Waals surface area contributed by atoms with Crippen molar-refractivity contribution in [3.63, 3.8) is 0 Å². The van der Waals surface area contributed by atoms with Crippen LogP contribution in [0.2, 0.25) is 0 Å². The molecule has 1 heterocycles. The molecule has 80 valence electrons. The maximum Gasteiger partial charge on any atom is 0.258 e. The molecule has 1 aromatic carbocycles. The fourth-order valence-corrected chi connectivity index (χ4v) is 1.46. The van der Waals surface area contributed by atoms with Gasteiger partial charge in [-0.05, 0) is 24.3 Å². The average Bonchev–Trinajstić information content (AvgIpc) is 2.39. The van der Waals surface area contributed by atoms with Gasteiger partial charge in [0.1, 0.15) is 0 Å². The van der Waals surface area contributed by atoms with Gasteiger partial charge in [-0.3, -0.25) is 9.78 Å². The number of amides is 1. The molecule has 2 rings (SSSR count). The van der Waals surface area contributed by atoms with Crippen molar-refractivity contribution in [1.82, 2.24) is 4.98 Å². The minimum atomic E-state index is -0.0215. The summed E-state index contributed by atoms with van der Waals surface area (Å²) in [5.41, 5.74) is 1.52. The van der Waals surface area contributed by atoms with Gasteiger partial charge in [-0.15, -0.1) is 0 Å². The Morgan fingerprint density at radius 1 is 1.06 bits per heavy atom. The molecule has 0 radical (unpaired) electrons. The quantitative estimate of drug-likeness (QED) is 0.765. The first-order valence-corrected chi connectivity index (χ1v) is 5.02. The van der Waals surface area contributed by atoms with Crippen molar-refractivity contribution in [2.24, 2.45) is 0 Å². The molecular formula is C13H12N2O. The van der Waals surface area contributed by atoms with Crippen molar-refractivity contribution in [2.75, 3.05) is 11.9 Å². The molecule has 1 aromatic heterocycles. The molecule has 0 N–H and O–H groups in total. The van der Waals surface area contributed by atoms with E-state index in [1.54, 1.807) is 48.6 Å². The van der Waals surface area contributed by atoms with Gasteiger partial charge in [0, 0.05) is 30.7 Å². The summed E-state index contributed by atoms with van der Waals surface area (Å²) in [6, 6.07) is 12.8. The number of carbonyl (C=O) groups is 1. The number of anilines is 1. The number of benzene rings is 1. The molecule has 0 saturated heterocycles. The summed E-state index contributed by atoms with van der Waals surface area (Å²) in [6.45, 7) is 0. The average molecular weight is 212 g/mol. The van der Waals surface area contributed by atoms with E-state index in [-0.39, 0.29) is 5.91 Å². The second-order valence-electron chi connectivity index (χ2n) is 3.44. The predicted octanol–water partition coefficient (Wildman–Crippen LogP) is 2.36. The molecule has 2 aromatic rings. The van der Waals surface area contributed by atoms with Gasteiger partial charge >= 0.3 is 0 Å². The molecule has 0 spiro atoms. The molecule has 0 saturated carbocycles. The number of nitrogens with zero attached hydrogens (tertiary/aromatic N) is 2. The molecule has 3 nitrogen and oxygen atoms in total. The van der Waals surface area contributed by atoms with Gasteiger partial charge < -0.3 is 4.90 Å². The minimum Gasteiger partial charge on any atom is -0.311 e. The highest BCUT2D eigenvalue weighted by atomic mass is 16.2. The van der Waals surface area contributed by atoms with Crippen LogP contribution in [-0.2, 0) is 0 Å². The van der Waals surface area contributed by atoms with E-state index in [0.717, 1.165) is 5.69 Å². The number of hydrogen-bond donors (Lipinski definition) is 0. The zero-order valence-electron chi connectivity index (χ0n) is 9.00. The van der Waals surface area contributed by atoms with Crippen LogP contribution < -0.4 is 4.90 Å². The van der Waals surface area contributed by atoms with Crippen molar-refractivity contribution >= 4 is 11.6 Å². The Morgan fingerprint density at radius 3 is 2.31 bits per heavy atom. The van der Waals surface area contributed by atoms with Crippen LogP contribution in [0, 0.1) is 0 Å². The summed E-state index contributed by atoms with van der Waals surface area (Å²) in [7, 11) is 1.75. The van der Waals surface area contributed by atoms with Gasteiger partial charge in [-0.2, -0.15) is 0 Å². The van der Waals surface area contributed by atoms with Crippen molar-refractivity contribution < 1.29 is 4.79 Å². The Labute approximate surface area is 94.4 Å². The third-order valence-corrected chi connectivity index (χ3v) is 2.38. The van der Waals surface area contributed by atoms with E-state index in [1.165, 1.54) is 0 Å². The smallest absolute Gasteiger partial charge is 0.258 e. The van der Waals surface area contributed by atoms with Gasteiger partial charge in [-0.25, -0.2) is 0 Å². The first-order chi connectivity index (χ1) is 7.79. The normalized spacial score (nSPS) is 9.81. The van der Waals surface area contributed by atoms with E-state index >= 15 is 0 Å². The number of rotatable bonds is 2. The molecule has 0 fully saturated rings. The number of pyridine rings is 1. The third-order valence-electron chi connectivity index (χ3n) is 2.38. The van der Waals surface area contributed by atoms with E-state index in [9.17, 15) is 4.79 Å². The highest BCUT2D eigenvalue weighted by Gasteiger charge is 2.11. The lowest BCUT2D eigenvalue weighted by molar-refractivity contribution is 0.0993. The first-order valence-electron chi connectivity index (χ1n) is 5.02. The molecule has 0 aliphatic heterocycles. The lowest BCUT2D eigenvalue weighted by atomic mass is 10.2. The van der Waals surface area contributed by atoms with Gasteiger partial charge in [0.2, 0.25) is 0 Å². The molecular weight excluding hydrogens is 200 g/mol. The summed E-state index contributed by atoms with van der Waals surface area (Å²) in [5.74, 6) is -0.0215. The van der Waals surface area contributed by atoms with Crippen LogP contribution in [0.3, 0.4) is 0 Å². The van der Waals surface area contributed by atoms with Crippen LogP contribution in [0.25, 0.3) is 0 Å². The molecule has 0 aliphatic carbocycles. The fraction of sp³-hybridized carbons (Fsp3) is 0.0769. The Bertz CT molecular complexity index is 468. The second kappa shape index (κ2) is 4.57. The number of hydrogen-bond acceptors (Lipinski definition) is 2. The topological polar surface area (TPSA) is 33.2 Å². The monoisotopic (exact) mass is 212 g/mol. The Kier molecular flexibility index (Phi) is 2.96. The van der Waals surface area contributed by atoms with Gasteiger partial charge in [-0.1, -0.05) is 18.2 Å². The van der Waals surface area contributed by atoms with Crippen molar-refractivity contribution in [3.05, 3.63) is 60.4 Å². The Morgan fingerprint density at radius 2 is 1.69 bits per heavy atom. The van der Waals surface area contributed by atoms with Crippen LogP contribution in [0.4, 0.5) is 5.69 Å². The number of aromatic nitrogens is 1. The van der Waals surface area contributed by atoms with E-state index in [0.29, 0.717) is 5.56 Å². The third kappa shape index (κ3) is 2.08. The maximum atomic E-state index is 12.1. The molecule has 0 bridgehead atoms. The van der Waals surface area contributed by atoms with Crippen LogP contribution in [0.5, 0.6) is 0 Å². The Hall–Kier alpha value is -2.16. The van der Waals surface area contributed by atoms with Gasteiger partial charge in [0.05, 0.1) is 0 Å². The summed E-state index contributed by atoms with van der Waals surface area (Å²) in [5, 5.41) is 0. The summed E-state index contributed by atoms with van der Waals surface area (Å²) >= 11 is 0. The second-order valence-corrected chi connectivity index (χ2v) is 3.44. The van der Waals surface area contributed by atoms with E-state index < -0.39 is 0 Å². The minimum absolute atomic E-state index is 0.0215. The summed E-state index contributed by atoms with van der Waals surface area (Å²) in [4.78, 5) is 17.6. The summed E-state index contributed by atoms with van der Waals surface area (Å²) < 4.78 is 0. The maximum absolute atomic E-state index is 12.1. The zero-order chi connectivity index (χ0) is 11.4. The van der Waals surface area contributed by atoms with Crippen LogP contribution in [0.15, 0.2) is 54.9 Å². The fourth-order valence-electron chi connectivity index (χ4n) is 1.46. The standard InChI is InChI=1S/C13H12N2O/c1-15(12-7-9-14-10-8-12)13(16)11-5-3-2-4-6-11/h2-10H,1H3. The molecule has 0 unspecified atom stereocenters. The lowest BCUT2D eigenvalue weighted by Crippen LogP contribution is -2.26. The zero-order valence-corrected chi connectivity index (χ0v) is 9.00. The SMILES string of the molecule is CN(C(=O)c1ccccc1)c1ccncc1. The largest absolute Gasteiger partial charge is 0.311 e. The number of carbonyl (C=O) groups excluding carboxylic acids is 1. The van der Waals surface area contributed by atoms with Crippen LogP contribution >= 0.6 is 0 Å². The Balaban J connectivity index is 2.24. The van der Waals surface area contributed by atoms with Crippen molar-refractivity contribution in [3.8, 4) is 0 Å². The molecule has 0 aliphatic rings. The molecule has 1 amide bonds. The highest BCUT2D eigenvalue weighted by Crippen LogP contribution is 2.13. The van der Waals surface area contributed by atoms with Crippen LogP contribution in [0.1, 0.15) is 10.4 Å². The molecule has 3 heteroatoms. The molecule has 0 atom stereocenters. The van der Waals surface area contributed by atoms with E-state index in [1.807, 2.05) is 18.2 Å². The first kappa shape index (κ1) is 10.4.